The molecular formula is C7H4Cl2N2S2. The summed E-state index contributed by atoms with van der Waals surface area (Å²) in [6, 6.07) is 1.85. The quantitative estimate of drug-likeness (QED) is 0.761. The van der Waals surface area contributed by atoms with E-state index in [1.54, 1.807) is 11.3 Å². The van der Waals surface area contributed by atoms with Gasteiger partial charge in [0.25, 0.3) is 0 Å². The van der Waals surface area contributed by atoms with Crippen LogP contribution >= 0.6 is 45.9 Å². The molecule has 0 radical (unpaired) electrons. The minimum Gasteiger partial charge on any atom is -0.142 e. The number of hydrogen-bond donors (Lipinski definition) is 0. The van der Waals surface area contributed by atoms with Gasteiger partial charge in [-0.3, -0.25) is 0 Å². The monoisotopic (exact) mass is 250 g/mol. The highest BCUT2D eigenvalue weighted by Crippen LogP contribution is 2.34. The summed E-state index contributed by atoms with van der Waals surface area (Å²) in [6.07, 6.45) is 0. The Labute approximate surface area is 93.1 Å². The van der Waals surface area contributed by atoms with Crippen LogP contribution in [0.15, 0.2) is 11.4 Å². The lowest BCUT2D eigenvalue weighted by Crippen LogP contribution is -1.74. The average molecular weight is 251 g/mol. The normalized spacial score (nSPS) is 10.6. The topological polar surface area (TPSA) is 25.8 Å². The van der Waals surface area contributed by atoms with Crippen LogP contribution in [0.5, 0.6) is 0 Å². The number of aromatic nitrogens is 2. The Kier molecular flexibility index (Phi) is 2.83. The largest absolute Gasteiger partial charge is 0.159 e. The van der Waals surface area contributed by atoms with Crippen molar-refractivity contribution in [1.82, 2.24) is 10.2 Å². The highest BCUT2D eigenvalue weighted by atomic mass is 35.5. The molecule has 0 atom stereocenters. The van der Waals surface area contributed by atoms with Gasteiger partial charge in [0.1, 0.15) is 5.01 Å². The molecule has 0 unspecified atom stereocenters. The lowest BCUT2D eigenvalue weighted by molar-refractivity contribution is 1.04. The first-order chi connectivity index (χ1) is 6.31. The van der Waals surface area contributed by atoms with E-state index < -0.39 is 0 Å². The molecule has 0 bridgehead atoms. The van der Waals surface area contributed by atoms with Crippen LogP contribution in [0.2, 0.25) is 5.02 Å². The van der Waals surface area contributed by atoms with E-state index in [2.05, 4.69) is 10.2 Å². The standard InChI is InChI=1S/C7H4Cl2N2S2/c8-3-5-10-11-7(13-5)6-4(9)1-2-12-6/h1-2H,3H2. The summed E-state index contributed by atoms with van der Waals surface area (Å²) in [6.45, 7) is 0. The van der Waals surface area contributed by atoms with Crippen LogP contribution < -0.4 is 0 Å². The number of nitrogens with zero attached hydrogens (tertiary/aromatic N) is 2. The van der Waals surface area contributed by atoms with Gasteiger partial charge in [0, 0.05) is 0 Å². The van der Waals surface area contributed by atoms with Crippen molar-refractivity contribution in [2.45, 2.75) is 5.88 Å². The van der Waals surface area contributed by atoms with Gasteiger partial charge in [0.2, 0.25) is 0 Å². The van der Waals surface area contributed by atoms with Crippen LogP contribution in [0.4, 0.5) is 0 Å². The third-order valence-electron chi connectivity index (χ3n) is 1.39. The van der Waals surface area contributed by atoms with Crippen molar-refractivity contribution < 1.29 is 0 Å². The highest BCUT2D eigenvalue weighted by Gasteiger charge is 2.10. The zero-order valence-electron chi connectivity index (χ0n) is 6.33. The zero-order chi connectivity index (χ0) is 9.26. The second kappa shape index (κ2) is 3.92. The Morgan fingerprint density at radius 1 is 1.38 bits per heavy atom. The van der Waals surface area contributed by atoms with Crippen molar-refractivity contribution in [2.75, 3.05) is 0 Å². The second-order valence-electron chi connectivity index (χ2n) is 2.23. The summed E-state index contributed by atoms with van der Waals surface area (Å²) >= 11 is 14.6. The number of alkyl halides is 1. The van der Waals surface area contributed by atoms with Gasteiger partial charge in [-0.15, -0.1) is 33.1 Å². The maximum absolute atomic E-state index is 5.94. The summed E-state index contributed by atoms with van der Waals surface area (Å²) < 4.78 is 0. The Morgan fingerprint density at radius 3 is 2.77 bits per heavy atom. The molecule has 2 rings (SSSR count). The van der Waals surface area contributed by atoms with Crippen LogP contribution in [0.1, 0.15) is 5.01 Å². The van der Waals surface area contributed by atoms with Gasteiger partial charge in [-0.25, -0.2) is 0 Å². The Hall–Kier alpha value is -0.160. The maximum atomic E-state index is 5.94. The van der Waals surface area contributed by atoms with Gasteiger partial charge in [-0.05, 0) is 11.4 Å². The van der Waals surface area contributed by atoms with Gasteiger partial charge in [0.05, 0.1) is 15.8 Å². The molecule has 13 heavy (non-hydrogen) atoms. The van der Waals surface area contributed by atoms with E-state index >= 15 is 0 Å². The molecule has 0 N–H and O–H groups in total. The van der Waals surface area contributed by atoms with Crippen molar-refractivity contribution in [3.63, 3.8) is 0 Å². The molecule has 6 heteroatoms. The van der Waals surface area contributed by atoms with Crippen LogP contribution in [-0.2, 0) is 5.88 Å². The Bertz CT molecular complexity index is 410. The molecular weight excluding hydrogens is 247 g/mol. The fourth-order valence-corrected chi connectivity index (χ4v) is 3.06. The Morgan fingerprint density at radius 2 is 2.23 bits per heavy atom. The molecule has 68 valence electrons. The average Bonchev–Trinajstić information content (AvgIpc) is 2.71. The fourth-order valence-electron chi connectivity index (χ4n) is 0.846. The van der Waals surface area contributed by atoms with Crippen LogP contribution in [0.3, 0.4) is 0 Å². The second-order valence-corrected chi connectivity index (χ2v) is 4.88. The van der Waals surface area contributed by atoms with Crippen molar-refractivity contribution in [2.24, 2.45) is 0 Å². The summed E-state index contributed by atoms with van der Waals surface area (Å²) in [7, 11) is 0. The lowest BCUT2D eigenvalue weighted by Gasteiger charge is -1.87. The molecule has 0 amide bonds. The molecule has 0 saturated carbocycles. The van der Waals surface area contributed by atoms with Gasteiger partial charge in [-0.2, -0.15) is 0 Å². The molecule has 0 spiro atoms. The molecule has 2 heterocycles. The first-order valence-electron chi connectivity index (χ1n) is 3.43. The van der Waals surface area contributed by atoms with Gasteiger partial charge in [-0.1, -0.05) is 22.9 Å². The van der Waals surface area contributed by atoms with Crippen LogP contribution in [0, 0.1) is 0 Å². The maximum Gasteiger partial charge on any atom is 0.159 e. The number of hydrogen-bond acceptors (Lipinski definition) is 4. The SMILES string of the molecule is ClCc1nnc(-c2sccc2Cl)s1. The van der Waals surface area contributed by atoms with E-state index in [-0.39, 0.29) is 0 Å². The third kappa shape index (κ3) is 1.86. The smallest absolute Gasteiger partial charge is 0.142 e. The van der Waals surface area contributed by atoms with Crippen LogP contribution in [0.25, 0.3) is 9.88 Å². The molecule has 0 aliphatic heterocycles. The fraction of sp³-hybridized carbons (Fsp3) is 0.143. The van der Waals surface area contributed by atoms with Gasteiger partial charge in [0.15, 0.2) is 5.01 Å². The predicted octanol–water partition coefficient (Wildman–Crippen LogP) is 3.66. The molecule has 2 aromatic heterocycles. The van der Waals surface area contributed by atoms with Gasteiger partial charge < -0.3 is 0 Å². The Balaban J connectivity index is 2.41. The third-order valence-corrected chi connectivity index (χ3v) is 4.22. The minimum absolute atomic E-state index is 0.403. The lowest BCUT2D eigenvalue weighted by atomic mass is 10.5. The minimum atomic E-state index is 0.403. The predicted molar refractivity (Wildman–Crippen MR) is 57.8 cm³/mol. The highest BCUT2D eigenvalue weighted by molar-refractivity contribution is 7.21. The molecule has 0 aliphatic carbocycles. The summed E-state index contributed by atoms with van der Waals surface area (Å²) in [5.74, 6) is 0.403. The van der Waals surface area contributed by atoms with Crippen molar-refractivity contribution in [3.8, 4) is 9.88 Å². The van der Waals surface area contributed by atoms with E-state index in [1.807, 2.05) is 11.4 Å². The first kappa shape index (κ1) is 9.40. The number of thiophene rings is 1. The molecule has 0 aromatic carbocycles. The van der Waals surface area contributed by atoms with E-state index in [0.717, 1.165) is 19.9 Å². The van der Waals surface area contributed by atoms with E-state index in [9.17, 15) is 0 Å². The van der Waals surface area contributed by atoms with Crippen molar-refractivity contribution in [3.05, 3.63) is 21.5 Å². The van der Waals surface area contributed by atoms with E-state index in [1.165, 1.54) is 11.3 Å². The van der Waals surface area contributed by atoms with Crippen molar-refractivity contribution in [1.29, 1.82) is 0 Å². The molecule has 0 aliphatic rings. The molecule has 0 fully saturated rings. The molecule has 0 saturated heterocycles. The van der Waals surface area contributed by atoms with Crippen molar-refractivity contribution >= 4 is 45.9 Å². The molecule has 2 nitrogen and oxygen atoms in total. The summed E-state index contributed by atoms with van der Waals surface area (Å²) in [4.78, 5) is 0.968. The summed E-state index contributed by atoms with van der Waals surface area (Å²) in [5.41, 5.74) is 0. The zero-order valence-corrected chi connectivity index (χ0v) is 9.47. The van der Waals surface area contributed by atoms with Crippen LogP contribution in [-0.4, -0.2) is 10.2 Å². The van der Waals surface area contributed by atoms with E-state index in [0.29, 0.717) is 5.88 Å². The number of rotatable bonds is 2. The number of halogens is 2. The summed E-state index contributed by atoms with van der Waals surface area (Å²) in [5, 5.41) is 12.2. The van der Waals surface area contributed by atoms with E-state index in [4.69, 9.17) is 23.2 Å². The molecule has 2 aromatic rings. The first-order valence-corrected chi connectivity index (χ1v) is 6.04. The van der Waals surface area contributed by atoms with Gasteiger partial charge >= 0.3 is 0 Å².